The van der Waals surface area contributed by atoms with Gasteiger partial charge in [0, 0.05) is 12.6 Å². The minimum absolute atomic E-state index is 0.0459. The first-order chi connectivity index (χ1) is 12.6. The van der Waals surface area contributed by atoms with Crippen LogP contribution in [0.15, 0.2) is 59.5 Å². The first kappa shape index (κ1) is 18.9. The summed E-state index contributed by atoms with van der Waals surface area (Å²) < 4.78 is 33.3. The third kappa shape index (κ3) is 4.63. The van der Waals surface area contributed by atoms with E-state index in [0.717, 1.165) is 31.5 Å². The topological polar surface area (TPSA) is 58.6 Å². The van der Waals surface area contributed by atoms with Gasteiger partial charge in [0.1, 0.15) is 5.75 Å². The molecule has 3 rings (SSSR count). The zero-order valence-corrected chi connectivity index (χ0v) is 15.9. The average Bonchev–Trinajstić information content (AvgIpc) is 2.70. The molecule has 0 saturated carbocycles. The molecule has 0 aliphatic carbocycles. The highest BCUT2D eigenvalue weighted by Crippen LogP contribution is 2.25. The van der Waals surface area contributed by atoms with Crippen molar-refractivity contribution in [1.82, 2.24) is 9.62 Å². The average molecular weight is 375 g/mol. The maximum absolute atomic E-state index is 12.7. The summed E-state index contributed by atoms with van der Waals surface area (Å²) in [6.07, 6.45) is 3.57. The fourth-order valence-corrected chi connectivity index (χ4v) is 4.43. The molecule has 0 radical (unpaired) electrons. The van der Waals surface area contributed by atoms with Crippen LogP contribution in [0.25, 0.3) is 0 Å². The Morgan fingerprint density at radius 2 is 1.65 bits per heavy atom. The normalized spacial score (nSPS) is 17.0. The fraction of sp³-hybridized carbons (Fsp3) is 0.400. The Balaban J connectivity index is 1.75. The summed E-state index contributed by atoms with van der Waals surface area (Å²) in [5.41, 5.74) is 1.15. The van der Waals surface area contributed by atoms with E-state index in [4.69, 9.17) is 4.74 Å². The molecule has 2 aromatic carbocycles. The van der Waals surface area contributed by atoms with E-state index in [1.807, 2.05) is 18.2 Å². The molecule has 1 heterocycles. The molecular weight excluding hydrogens is 348 g/mol. The number of nitrogens with one attached hydrogen (secondary N) is 1. The lowest BCUT2D eigenvalue weighted by Gasteiger charge is -2.35. The van der Waals surface area contributed by atoms with E-state index in [1.165, 1.54) is 6.42 Å². The second kappa shape index (κ2) is 8.66. The van der Waals surface area contributed by atoms with E-state index in [9.17, 15) is 8.42 Å². The predicted molar refractivity (Wildman–Crippen MR) is 103 cm³/mol. The summed E-state index contributed by atoms with van der Waals surface area (Å²) in [6, 6.07) is 16.6. The Labute approximate surface area is 156 Å². The molecule has 26 heavy (non-hydrogen) atoms. The van der Waals surface area contributed by atoms with Crippen LogP contribution in [0.3, 0.4) is 0 Å². The van der Waals surface area contributed by atoms with Crippen molar-refractivity contribution in [2.45, 2.75) is 30.2 Å². The van der Waals surface area contributed by atoms with Crippen molar-refractivity contribution >= 4 is 10.0 Å². The van der Waals surface area contributed by atoms with Crippen LogP contribution in [0.1, 0.15) is 30.9 Å². The van der Waals surface area contributed by atoms with Crippen LogP contribution < -0.4 is 9.46 Å². The van der Waals surface area contributed by atoms with Crippen molar-refractivity contribution in [2.75, 3.05) is 26.7 Å². The van der Waals surface area contributed by atoms with E-state index < -0.39 is 10.0 Å². The van der Waals surface area contributed by atoms with Gasteiger partial charge in [-0.05, 0) is 55.8 Å². The summed E-state index contributed by atoms with van der Waals surface area (Å²) in [4.78, 5) is 2.64. The number of hydrogen-bond donors (Lipinski definition) is 1. The van der Waals surface area contributed by atoms with Gasteiger partial charge in [-0.25, -0.2) is 13.1 Å². The molecule has 1 saturated heterocycles. The standard InChI is InChI=1S/C20H26N2O3S/c1-25-18-10-12-19(13-11-18)26(23,24)21-16-20(17-8-4-2-5-9-17)22-14-6-3-7-15-22/h2,4-5,8-13,20-21H,3,6-7,14-16H2,1H3. The van der Waals surface area contributed by atoms with Crippen molar-refractivity contribution in [2.24, 2.45) is 0 Å². The van der Waals surface area contributed by atoms with E-state index in [2.05, 4.69) is 21.8 Å². The SMILES string of the molecule is COc1ccc(S(=O)(=O)NCC(c2ccccc2)N2CCCCC2)cc1. The van der Waals surface area contributed by atoms with E-state index >= 15 is 0 Å². The quantitative estimate of drug-likeness (QED) is 0.809. The van der Waals surface area contributed by atoms with Crippen LogP contribution in [0.5, 0.6) is 5.75 Å². The summed E-state index contributed by atoms with van der Waals surface area (Å²) >= 11 is 0. The molecule has 1 aliphatic rings. The number of likely N-dealkylation sites (tertiary alicyclic amines) is 1. The van der Waals surface area contributed by atoms with Crippen molar-refractivity contribution in [3.63, 3.8) is 0 Å². The Morgan fingerprint density at radius 3 is 2.27 bits per heavy atom. The van der Waals surface area contributed by atoms with Gasteiger partial charge in [0.15, 0.2) is 0 Å². The molecule has 6 heteroatoms. The second-order valence-corrected chi connectivity index (χ2v) is 8.32. The third-order valence-electron chi connectivity index (χ3n) is 4.85. The van der Waals surface area contributed by atoms with Gasteiger partial charge < -0.3 is 4.74 Å². The highest BCUT2D eigenvalue weighted by molar-refractivity contribution is 7.89. The molecule has 5 nitrogen and oxygen atoms in total. The first-order valence-corrected chi connectivity index (χ1v) is 10.5. The third-order valence-corrected chi connectivity index (χ3v) is 6.29. The van der Waals surface area contributed by atoms with Gasteiger partial charge in [-0.2, -0.15) is 0 Å². The van der Waals surface area contributed by atoms with Gasteiger partial charge in [-0.3, -0.25) is 4.90 Å². The van der Waals surface area contributed by atoms with Crippen molar-refractivity contribution in [3.8, 4) is 5.75 Å². The van der Waals surface area contributed by atoms with Crippen molar-refractivity contribution in [3.05, 3.63) is 60.2 Å². The predicted octanol–water partition coefficient (Wildman–Crippen LogP) is 3.20. The number of rotatable bonds is 7. The van der Waals surface area contributed by atoms with Crippen molar-refractivity contribution < 1.29 is 13.2 Å². The molecule has 1 atom stereocenters. The lowest BCUT2D eigenvalue weighted by Crippen LogP contribution is -2.40. The molecule has 1 fully saturated rings. The van der Waals surface area contributed by atoms with Crippen LogP contribution in [0.2, 0.25) is 0 Å². The molecule has 0 spiro atoms. The van der Waals surface area contributed by atoms with E-state index in [0.29, 0.717) is 12.3 Å². The number of ether oxygens (including phenoxy) is 1. The Hall–Kier alpha value is -1.89. The van der Waals surface area contributed by atoms with Crippen LogP contribution in [0, 0.1) is 0 Å². The summed E-state index contributed by atoms with van der Waals surface area (Å²) in [6.45, 7) is 2.37. The molecule has 1 unspecified atom stereocenters. The number of nitrogens with zero attached hydrogens (tertiary/aromatic N) is 1. The zero-order chi connectivity index (χ0) is 18.4. The lowest BCUT2D eigenvalue weighted by atomic mass is 10.0. The maximum Gasteiger partial charge on any atom is 0.240 e. The monoisotopic (exact) mass is 374 g/mol. The fourth-order valence-electron chi connectivity index (χ4n) is 3.39. The molecule has 0 amide bonds. The molecule has 0 bridgehead atoms. The Bertz CT molecular complexity index is 786. The molecule has 0 aromatic heterocycles. The van der Waals surface area contributed by atoms with E-state index in [-0.39, 0.29) is 10.9 Å². The van der Waals surface area contributed by atoms with Gasteiger partial charge in [-0.1, -0.05) is 36.8 Å². The summed E-state index contributed by atoms with van der Waals surface area (Å²) in [5.74, 6) is 0.638. The van der Waals surface area contributed by atoms with Crippen LogP contribution in [-0.2, 0) is 10.0 Å². The van der Waals surface area contributed by atoms with Crippen LogP contribution >= 0.6 is 0 Å². The highest BCUT2D eigenvalue weighted by atomic mass is 32.2. The van der Waals surface area contributed by atoms with Gasteiger partial charge in [-0.15, -0.1) is 0 Å². The van der Waals surface area contributed by atoms with Crippen LogP contribution in [0.4, 0.5) is 0 Å². The lowest BCUT2D eigenvalue weighted by molar-refractivity contribution is 0.164. The first-order valence-electron chi connectivity index (χ1n) is 9.03. The van der Waals surface area contributed by atoms with Gasteiger partial charge in [0.25, 0.3) is 0 Å². The Morgan fingerprint density at radius 1 is 1.00 bits per heavy atom. The van der Waals surface area contributed by atoms with Crippen LogP contribution in [-0.4, -0.2) is 40.1 Å². The number of hydrogen-bond acceptors (Lipinski definition) is 4. The minimum atomic E-state index is -3.56. The smallest absolute Gasteiger partial charge is 0.240 e. The number of benzene rings is 2. The van der Waals surface area contributed by atoms with E-state index in [1.54, 1.807) is 31.4 Å². The Kier molecular flexibility index (Phi) is 6.29. The van der Waals surface area contributed by atoms with Gasteiger partial charge >= 0.3 is 0 Å². The van der Waals surface area contributed by atoms with Crippen molar-refractivity contribution in [1.29, 1.82) is 0 Å². The number of methoxy groups -OCH3 is 1. The highest BCUT2D eigenvalue weighted by Gasteiger charge is 2.24. The molecule has 2 aromatic rings. The second-order valence-electron chi connectivity index (χ2n) is 6.55. The maximum atomic E-state index is 12.7. The molecule has 1 N–H and O–H groups in total. The van der Waals surface area contributed by atoms with Gasteiger partial charge in [0.05, 0.1) is 12.0 Å². The molecule has 140 valence electrons. The summed E-state index contributed by atoms with van der Waals surface area (Å²) in [7, 11) is -2.00. The van der Waals surface area contributed by atoms with Gasteiger partial charge in [0.2, 0.25) is 10.0 Å². The molecule has 1 aliphatic heterocycles. The number of sulfonamides is 1. The largest absolute Gasteiger partial charge is 0.497 e. The summed E-state index contributed by atoms with van der Waals surface area (Å²) in [5, 5.41) is 0. The number of piperidine rings is 1. The minimum Gasteiger partial charge on any atom is -0.497 e. The zero-order valence-electron chi connectivity index (χ0n) is 15.1. The molecular formula is C20H26N2O3S.